The second-order valence-corrected chi connectivity index (χ2v) is 7.59. The number of hydrogen-bond donors (Lipinski definition) is 1. The number of para-hydroxylation sites is 1. The van der Waals surface area contributed by atoms with Gasteiger partial charge in [0.1, 0.15) is 11.5 Å². The van der Waals surface area contributed by atoms with Crippen molar-refractivity contribution in [2.75, 3.05) is 0 Å². The fourth-order valence-electron chi connectivity index (χ4n) is 2.64. The Kier molecular flexibility index (Phi) is 5.71. The number of benzene rings is 3. The summed E-state index contributed by atoms with van der Waals surface area (Å²) >= 11 is 0. The molecule has 5 heteroatoms. The van der Waals surface area contributed by atoms with Gasteiger partial charge in [0, 0.05) is 6.04 Å². The lowest BCUT2D eigenvalue weighted by atomic mass is 10.1. The zero-order valence-electron chi connectivity index (χ0n) is 14.5. The Labute approximate surface area is 154 Å². The fourth-order valence-corrected chi connectivity index (χ4v) is 3.95. The van der Waals surface area contributed by atoms with Crippen LogP contribution in [0.2, 0.25) is 0 Å². The minimum atomic E-state index is -3.61. The van der Waals surface area contributed by atoms with Gasteiger partial charge < -0.3 is 4.74 Å². The molecule has 0 amide bonds. The lowest BCUT2D eigenvalue weighted by Gasteiger charge is -2.17. The van der Waals surface area contributed by atoms with Crippen molar-refractivity contribution < 1.29 is 13.2 Å². The molecule has 0 bridgehead atoms. The van der Waals surface area contributed by atoms with Crippen LogP contribution >= 0.6 is 0 Å². The molecule has 3 aromatic carbocycles. The van der Waals surface area contributed by atoms with Gasteiger partial charge in [0.25, 0.3) is 0 Å². The fraction of sp³-hybridized carbons (Fsp3) is 0.143. The third kappa shape index (κ3) is 4.50. The van der Waals surface area contributed by atoms with E-state index in [4.69, 9.17) is 4.74 Å². The predicted molar refractivity (Wildman–Crippen MR) is 103 cm³/mol. The van der Waals surface area contributed by atoms with E-state index in [0.29, 0.717) is 17.9 Å². The van der Waals surface area contributed by atoms with Crippen molar-refractivity contribution in [1.82, 2.24) is 4.72 Å². The zero-order chi connectivity index (χ0) is 18.4. The Hall–Kier alpha value is -2.63. The van der Waals surface area contributed by atoms with E-state index in [1.54, 1.807) is 24.3 Å². The Morgan fingerprint density at radius 2 is 1.35 bits per heavy atom. The van der Waals surface area contributed by atoms with Gasteiger partial charge in [-0.25, -0.2) is 13.1 Å². The molecule has 0 radical (unpaired) electrons. The van der Waals surface area contributed by atoms with E-state index < -0.39 is 10.0 Å². The first kappa shape index (κ1) is 18.2. The van der Waals surface area contributed by atoms with E-state index in [9.17, 15) is 8.42 Å². The first-order valence-electron chi connectivity index (χ1n) is 8.49. The highest BCUT2D eigenvalue weighted by Gasteiger charge is 2.20. The number of hydrogen-bond acceptors (Lipinski definition) is 3. The summed E-state index contributed by atoms with van der Waals surface area (Å²) < 4.78 is 33.9. The number of sulfonamides is 1. The summed E-state index contributed by atoms with van der Waals surface area (Å²) in [4.78, 5) is 0.215. The summed E-state index contributed by atoms with van der Waals surface area (Å²) in [7, 11) is -3.61. The van der Waals surface area contributed by atoms with E-state index in [0.717, 1.165) is 5.56 Å². The molecule has 0 heterocycles. The molecule has 1 N–H and O–H groups in total. The van der Waals surface area contributed by atoms with Crippen LogP contribution in [0.25, 0.3) is 0 Å². The van der Waals surface area contributed by atoms with Gasteiger partial charge in [-0.15, -0.1) is 0 Å². The highest BCUT2D eigenvalue weighted by molar-refractivity contribution is 7.89. The van der Waals surface area contributed by atoms with Crippen molar-refractivity contribution in [2.45, 2.75) is 24.3 Å². The molecule has 0 spiro atoms. The highest BCUT2D eigenvalue weighted by atomic mass is 32.2. The smallest absolute Gasteiger partial charge is 0.241 e. The molecule has 3 aromatic rings. The van der Waals surface area contributed by atoms with Gasteiger partial charge in [0.05, 0.1) is 4.90 Å². The minimum absolute atomic E-state index is 0.215. The molecule has 1 atom stereocenters. The highest BCUT2D eigenvalue weighted by Crippen LogP contribution is 2.24. The lowest BCUT2D eigenvalue weighted by molar-refractivity contribution is 0.482. The van der Waals surface area contributed by atoms with Crippen LogP contribution in [0.4, 0.5) is 0 Å². The topological polar surface area (TPSA) is 55.4 Å². The van der Waals surface area contributed by atoms with Crippen molar-refractivity contribution in [1.29, 1.82) is 0 Å². The monoisotopic (exact) mass is 367 g/mol. The lowest BCUT2D eigenvalue weighted by Crippen LogP contribution is -2.28. The van der Waals surface area contributed by atoms with E-state index in [1.165, 1.54) is 0 Å². The van der Waals surface area contributed by atoms with Gasteiger partial charge in [-0.2, -0.15) is 0 Å². The summed E-state index contributed by atoms with van der Waals surface area (Å²) in [6.07, 6.45) is 0.665. The van der Waals surface area contributed by atoms with Crippen molar-refractivity contribution in [3.63, 3.8) is 0 Å². The van der Waals surface area contributed by atoms with Crippen LogP contribution in [0.1, 0.15) is 24.9 Å². The van der Waals surface area contributed by atoms with Gasteiger partial charge in [-0.3, -0.25) is 0 Å². The van der Waals surface area contributed by atoms with Crippen LogP contribution in [-0.2, 0) is 10.0 Å². The summed E-state index contributed by atoms with van der Waals surface area (Å²) in [6, 6.07) is 25.1. The third-order valence-corrected chi connectivity index (χ3v) is 5.51. The Morgan fingerprint density at radius 1 is 0.808 bits per heavy atom. The number of nitrogens with one attached hydrogen (secondary N) is 1. The average Bonchev–Trinajstić information content (AvgIpc) is 2.68. The van der Waals surface area contributed by atoms with Crippen molar-refractivity contribution >= 4 is 10.0 Å². The van der Waals surface area contributed by atoms with Crippen molar-refractivity contribution in [2.24, 2.45) is 0 Å². The Morgan fingerprint density at radius 3 is 1.92 bits per heavy atom. The van der Waals surface area contributed by atoms with E-state index in [2.05, 4.69) is 4.72 Å². The first-order chi connectivity index (χ1) is 12.6. The van der Waals surface area contributed by atoms with Gasteiger partial charge in [-0.05, 0) is 48.4 Å². The van der Waals surface area contributed by atoms with Crippen molar-refractivity contribution in [3.8, 4) is 11.5 Å². The maximum atomic E-state index is 12.7. The molecule has 0 aliphatic rings. The number of ether oxygens (including phenoxy) is 1. The molecule has 26 heavy (non-hydrogen) atoms. The summed E-state index contributed by atoms with van der Waals surface area (Å²) in [6.45, 7) is 1.96. The maximum absolute atomic E-state index is 12.7. The molecular weight excluding hydrogens is 346 g/mol. The Balaban J connectivity index is 1.74. The van der Waals surface area contributed by atoms with Crippen LogP contribution in [0.3, 0.4) is 0 Å². The molecular formula is C21H21NO3S. The van der Waals surface area contributed by atoms with Gasteiger partial charge >= 0.3 is 0 Å². The number of rotatable bonds is 7. The summed E-state index contributed by atoms with van der Waals surface area (Å²) in [5.41, 5.74) is 0.947. The van der Waals surface area contributed by atoms with Gasteiger partial charge in [0.15, 0.2) is 0 Å². The normalized spacial score (nSPS) is 12.5. The molecule has 0 saturated heterocycles. The molecule has 0 aliphatic carbocycles. The quantitative estimate of drug-likeness (QED) is 0.646. The van der Waals surface area contributed by atoms with Crippen molar-refractivity contribution in [3.05, 3.63) is 90.5 Å². The third-order valence-electron chi connectivity index (χ3n) is 4.02. The maximum Gasteiger partial charge on any atom is 0.241 e. The van der Waals surface area contributed by atoms with Crippen LogP contribution in [0.5, 0.6) is 11.5 Å². The van der Waals surface area contributed by atoms with E-state index >= 15 is 0 Å². The Bertz CT molecular complexity index is 924. The second-order valence-electron chi connectivity index (χ2n) is 5.88. The summed E-state index contributed by atoms with van der Waals surface area (Å²) in [5.74, 6) is 1.29. The predicted octanol–water partition coefficient (Wildman–Crippen LogP) is 4.91. The van der Waals surface area contributed by atoms with Crippen LogP contribution < -0.4 is 9.46 Å². The molecule has 0 fully saturated rings. The molecule has 0 unspecified atom stereocenters. The molecule has 0 aliphatic heterocycles. The van der Waals surface area contributed by atoms with Crippen LogP contribution in [0.15, 0.2) is 89.8 Å². The van der Waals surface area contributed by atoms with Gasteiger partial charge in [-0.1, -0.05) is 55.5 Å². The van der Waals surface area contributed by atoms with E-state index in [1.807, 2.05) is 67.6 Å². The van der Waals surface area contributed by atoms with E-state index in [-0.39, 0.29) is 10.9 Å². The SMILES string of the molecule is CC[C@H](NS(=O)(=O)c1ccc(Oc2ccccc2)cc1)c1ccccc1. The van der Waals surface area contributed by atoms with Gasteiger partial charge in [0.2, 0.25) is 10.0 Å². The molecule has 0 aromatic heterocycles. The average molecular weight is 367 g/mol. The molecule has 0 saturated carbocycles. The largest absolute Gasteiger partial charge is 0.457 e. The molecule has 3 rings (SSSR count). The standard InChI is InChI=1S/C21H21NO3S/c1-2-21(17-9-5-3-6-10-17)22-26(23,24)20-15-13-19(14-16-20)25-18-11-7-4-8-12-18/h3-16,21-22H,2H2,1H3/t21-/m0/s1. The second kappa shape index (κ2) is 8.17. The van der Waals surface area contributed by atoms with Crippen LogP contribution in [-0.4, -0.2) is 8.42 Å². The molecule has 4 nitrogen and oxygen atoms in total. The first-order valence-corrected chi connectivity index (χ1v) is 9.97. The molecule has 134 valence electrons. The zero-order valence-corrected chi connectivity index (χ0v) is 15.3. The van der Waals surface area contributed by atoms with Crippen LogP contribution in [0, 0.1) is 0 Å². The minimum Gasteiger partial charge on any atom is -0.457 e. The summed E-state index contributed by atoms with van der Waals surface area (Å²) in [5, 5.41) is 0.